The summed E-state index contributed by atoms with van der Waals surface area (Å²) in [6.07, 6.45) is 3.81. The first kappa shape index (κ1) is 14.3. The molecule has 1 aliphatic carbocycles. The smallest absolute Gasteiger partial charge is 0.165 e. The van der Waals surface area contributed by atoms with Gasteiger partial charge < -0.3 is 15.2 Å². The molecule has 2 rings (SSSR count). The summed E-state index contributed by atoms with van der Waals surface area (Å²) in [5.74, 6) is -0.0912. The molecule has 4 heteroatoms. The predicted octanol–water partition coefficient (Wildman–Crippen LogP) is 2.79. The summed E-state index contributed by atoms with van der Waals surface area (Å²) in [6, 6.07) is 5.07. The third-order valence-corrected chi connectivity index (χ3v) is 3.87. The Hall–Kier alpha value is -1.13. The molecule has 0 aliphatic heterocycles. The largest absolute Gasteiger partial charge is 0.494 e. The Labute approximate surface area is 113 Å². The van der Waals surface area contributed by atoms with Crippen LogP contribution in [0, 0.1) is 5.82 Å². The van der Waals surface area contributed by atoms with Gasteiger partial charge in [-0.2, -0.15) is 0 Å². The van der Waals surface area contributed by atoms with Gasteiger partial charge in [0.2, 0.25) is 0 Å². The number of benzene rings is 1. The molecule has 3 unspecified atom stereocenters. The van der Waals surface area contributed by atoms with Crippen LogP contribution in [-0.2, 0) is 0 Å². The topological polar surface area (TPSA) is 41.5 Å². The van der Waals surface area contributed by atoms with E-state index in [0.717, 1.165) is 31.2 Å². The SMILES string of the molecule is COc1cc(C(C)NC2CCCCC2O)ccc1F. The summed E-state index contributed by atoms with van der Waals surface area (Å²) >= 11 is 0. The molecule has 3 atom stereocenters. The van der Waals surface area contributed by atoms with E-state index >= 15 is 0 Å². The number of nitrogens with one attached hydrogen (secondary N) is 1. The van der Waals surface area contributed by atoms with E-state index in [1.807, 2.05) is 6.92 Å². The molecule has 0 saturated heterocycles. The molecule has 0 amide bonds. The molecule has 1 fully saturated rings. The molecule has 2 N–H and O–H groups in total. The average molecular weight is 267 g/mol. The minimum atomic E-state index is -0.351. The average Bonchev–Trinajstić information content (AvgIpc) is 2.42. The lowest BCUT2D eigenvalue weighted by atomic mass is 9.91. The summed E-state index contributed by atoms with van der Waals surface area (Å²) in [5.41, 5.74) is 0.969. The Morgan fingerprint density at radius 3 is 2.79 bits per heavy atom. The Balaban J connectivity index is 2.04. The number of hydrogen-bond acceptors (Lipinski definition) is 3. The highest BCUT2D eigenvalue weighted by molar-refractivity contribution is 5.32. The molecule has 106 valence electrons. The van der Waals surface area contributed by atoms with Gasteiger partial charge >= 0.3 is 0 Å². The van der Waals surface area contributed by atoms with E-state index in [4.69, 9.17) is 4.74 Å². The first-order valence-electron chi connectivity index (χ1n) is 6.89. The van der Waals surface area contributed by atoms with Gasteiger partial charge in [0.25, 0.3) is 0 Å². The van der Waals surface area contributed by atoms with Crippen molar-refractivity contribution in [2.75, 3.05) is 7.11 Å². The van der Waals surface area contributed by atoms with Crippen LogP contribution in [0.4, 0.5) is 4.39 Å². The normalized spacial score (nSPS) is 25.1. The fourth-order valence-corrected chi connectivity index (χ4v) is 2.67. The van der Waals surface area contributed by atoms with Crippen molar-refractivity contribution in [2.24, 2.45) is 0 Å². The predicted molar refractivity (Wildman–Crippen MR) is 72.8 cm³/mol. The lowest BCUT2D eigenvalue weighted by Gasteiger charge is -2.31. The van der Waals surface area contributed by atoms with Crippen LogP contribution in [0.2, 0.25) is 0 Å². The molecule has 0 heterocycles. The highest BCUT2D eigenvalue weighted by Gasteiger charge is 2.24. The highest BCUT2D eigenvalue weighted by atomic mass is 19.1. The Morgan fingerprint density at radius 1 is 1.37 bits per heavy atom. The van der Waals surface area contributed by atoms with Gasteiger partial charge in [-0.15, -0.1) is 0 Å². The second-order valence-electron chi connectivity index (χ2n) is 5.24. The summed E-state index contributed by atoms with van der Waals surface area (Å²) in [7, 11) is 1.46. The molecule has 1 aliphatic rings. The van der Waals surface area contributed by atoms with Gasteiger partial charge in [0.05, 0.1) is 13.2 Å². The van der Waals surface area contributed by atoms with Crippen molar-refractivity contribution < 1.29 is 14.2 Å². The summed E-state index contributed by atoms with van der Waals surface area (Å²) in [5, 5.41) is 13.4. The Bertz CT molecular complexity index is 425. The van der Waals surface area contributed by atoms with Gasteiger partial charge in [-0.3, -0.25) is 0 Å². The minimum absolute atomic E-state index is 0.0623. The molecule has 0 radical (unpaired) electrons. The second-order valence-corrected chi connectivity index (χ2v) is 5.24. The molecular formula is C15H22FNO2. The zero-order valence-corrected chi connectivity index (χ0v) is 11.5. The zero-order valence-electron chi connectivity index (χ0n) is 11.5. The third kappa shape index (κ3) is 3.45. The monoisotopic (exact) mass is 267 g/mol. The van der Waals surface area contributed by atoms with Crippen LogP contribution in [0.15, 0.2) is 18.2 Å². The van der Waals surface area contributed by atoms with E-state index in [1.165, 1.54) is 13.2 Å². The fraction of sp³-hybridized carbons (Fsp3) is 0.600. The number of halogens is 1. The summed E-state index contributed by atoms with van der Waals surface area (Å²) in [4.78, 5) is 0. The molecule has 3 nitrogen and oxygen atoms in total. The Morgan fingerprint density at radius 2 is 2.11 bits per heavy atom. The van der Waals surface area contributed by atoms with Gasteiger partial charge in [0.15, 0.2) is 11.6 Å². The third-order valence-electron chi connectivity index (χ3n) is 3.87. The number of methoxy groups -OCH3 is 1. The highest BCUT2D eigenvalue weighted by Crippen LogP contribution is 2.25. The minimum Gasteiger partial charge on any atom is -0.494 e. The van der Waals surface area contributed by atoms with Crippen molar-refractivity contribution in [3.8, 4) is 5.75 Å². The number of hydrogen-bond donors (Lipinski definition) is 2. The van der Waals surface area contributed by atoms with Crippen molar-refractivity contribution in [3.05, 3.63) is 29.6 Å². The molecular weight excluding hydrogens is 245 g/mol. The van der Waals surface area contributed by atoms with Crippen LogP contribution >= 0.6 is 0 Å². The number of aliphatic hydroxyl groups is 1. The first-order valence-corrected chi connectivity index (χ1v) is 6.89. The van der Waals surface area contributed by atoms with Crippen LogP contribution in [0.1, 0.15) is 44.2 Å². The Kier molecular flexibility index (Phi) is 4.77. The maximum absolute atomic E-state index is 13.4. The fourth-order valence-electron chi connectivity index (χ4n) is 2.67. The maximum atomic E-state index is 13.4. The lowest BCUT2D eigenvalue weighted by Crippen LogP contribution is -2.43. The van der Waals surface area contributed by atoms with Crippen LogP contribution in [0.3, 0.4) is 0 Å². The van der Waals surface area contributed by atoms with E-state index in [1.54, 1.807) is 12.1 Å². The van der Waals surface area contributed by atoms with Crippen LogP contribution in [0.5, 0.6) is 5.75 Å². The van der Waals surface area contributed by atoms with Crippen molar-refractivity contribution in [3.63, 3.8) is 0 Å². The van der Waals surface area contributed by atoms with Gasteiger partial charge in [0.1, 0.15) is 0 Å². The van der Waals surface area contributed by atoms with E-state index in [0.29, 0.717) is 0 Å². The first-order chi connectivity index (χ1) is 9.11. The van der Waals surface area contributed by atoms with Gasteiger partial charge in [-0.1, -0.05) is 18.9 Å². The van der Waals surface area contributed by atoms with Crippen LogP contribution in [0.25, 0.3) is 0 Å². The maximum Gasteiger partial charge on any atom is 0.165 e. The number of rotatable bonds is 4. The molecule has 0 bridgehead atoms. The second kappa shape index (κ2) is 6.35. The van der Waals surface area contributed by atoms with E-state index in [9.17, 15) is 9.50 Å². The van der Waals surface area contributed by atoms with Gasteiger partial charge in [0, 0.05) is 12.1 Å². The summed E-state index contributed by atoms with van der Waals surface area (Å²) in [6.45, 7) is 2.02. The standard InChI is InChI=1S/C15H22FNO2/c1-10(17-13-5-3-4-6-14(13)18)11-7-8-12(16)15(9-11)19-2/h7-10,13-14,17-18H,3-6H2,1-2H3. The van der Waals surface area contributed by atoms with E-state index in [-0.39, 0.29) is 29.8 Å². The molecule has 19 heavy (non-hydrogen) atoms. The van der Waals surface area contributed by atoms with Crippen molar-refractivity contribution in [2.45, 2.75) is 50.8 Å². The molecule has 1 aromatic rings. The molecule has 0 spiro atoms. The number of aliphatic hydroxyl groups excluding tert-OH is 1. The van der Waals surface area contributed by atoms with Gasteiger partial charge in [-0.05, 0) is 37.5 Å². The van der Waals surface area contributed by atoms with E-state index in [2.05, 4.69) is 5.32 Å². The van der Waals surface area contributed by atoms with Crippen molar-refractivity contribution in [1.29, 1.82) is 0 Å². The number of ether oxygens (including phenoxy) is 1. The van der Waals surface area contributed by atoms with Crippen LogP contribution in [-0.4, -0.2) is 24.4 Å². The van der Waals surface area contributed by atoms with Gasteiger partial charge in [-0.25, -0.2) is 4.39 Å². The molecule has 1 saturated carbocycles. The zero-order chi connectivity index (χ0) is 13.8. The van der Waals surface area contributed by atoms with Crippen molar-refractivity contribution >= 4 is 0 Å². The molecule has 0 aromatic heterocycles. The summed E-state index contributed by atoms with van der Waals surface area (Å²) < 4.78 is 18.4. The van der Waals surface area contributed by atoms with Crippen molar-refractivity contribution in [1.82, 2.24) is 5.32 Å². The lowest BCUT2D eigenvalue weighted by molar-refractivity contribution is 0.0859. The molecule has 1 aromatic carbocycles. The van der Waals surface area contributed by atoms with E-state index < -0.39 is 0 Å². The van der Waals surface area contributed by atoms with Crippen LogP contribution < -0.4 is 10.1 Å². The quantitative estimate of drug-likeness (QED) is 0.881.